The van der Waals surface area contributed by atoms with Crippen LogP contribution in [0.5, 0.6) is 5.75 Å². The molecule has 2 nitrogen and oxygen atoms in total. The summed E-state index contributed by atoms with van der Waals surface area (Å²) >= 11 is 0. The Balaban J connectivity index is 2.49. The van der Waals surface area contributed by atoms with Crippen LogP contribution in [0, 0.1) is 11.3 Å². The molecule has 0 saturated carbocycles. The average Bonchev–Trinajstić information content (AvgIpc) is 2.39. The van der Waals surface area contributed by atoms with Crippen molar-refractivity contribution in [2.45, 2.75) is 13.3 Å². The Morgan fingerprint density at radius 2 is 1.82 bits per heavy atom. The molecule has 0 spiro atoms. The number of hydrogen-bond acceptors (Lipinski definition) is 2. The standard InChI is InChI=1S/C15H13NO/c1-2-12-9-14(17)7-8-15(12)13-5-3-11(10-16)4-6-13/h3-9,17H,2H2,1H3. The van der Waals surface area contributed by atoms with E-state index in [1.54, 1.807) is 12.1 Å². The maximum atomic E-state index is 9.45. The maximum Gasteiger partial charge on any atom is 0.115 e. The van der Waals surface area contributed by atoms with E-state index in [0.717, 1.165) is 23.1 Å². The highest BCUT2D eigenvalue weighted by Gasteiger charge is 2.04. The molecule has 0 saturated heterocycles. The van der Waals surface area contributed by atoms with Crippen molar-refractivity contribution in [3.63, 3.8) is 0 Å². The number of aromatic hydroxyl groups is 1. The first-order valence-electron chi connectivity index (χ1n) is 5.57. The molecule has 2 heteroatoms. The minimum Gasteiger partial charge on any atom is -0.508 e. The lowest BCUT2D eigenvalue weighted by Crippen LogP contribution is -1.87. The van der Waals surface area contributed by atoms with Gasteiger partial charge in [-0.25, -0.2) is 0 Å². The van der Waals surface area contributed by atoms with Gasteiger partial charge in [-0.1, -0.05) is 25.1 Å². The number of phenolic OH excluding ortho intramolecular Hbond substituents is 1. The normalized spacial score (nSPS) is 9.88. The van der Waals surface area contributed by atoms with Crippen LogP contribution in [0.25, 0.3) is 11.1 Å². The van der Waals surface area contributed by atoms with Crippen LogP contribution in [-0.4, -0.2) is 5.11 Å². The predicted octanol–water partition coefficient (Wildman–Crippen LogP) is 3.49. The molecule has 0 atom stereocenters. The van der Waals surface area contributed by atoms with Crippen molar-refractivity contribution in [2.75, 3.05) is 0 Å². The van der Waals surface area contributed by atoms with Gasteiger partial charge in [-0.3, -0.25) is 0 Å². The number of phenols is 1. The number of nitriles is 1. The van der Waals surface area contributed by atoms with E-state index in [9.17, 15) is 5.11 Å². The molecule has 0 radical (unpaired) electrons. The molecule has 0 fully saturated rings. The SMILES string of the molecule is CCc1cc(O)ccc1-c1ccc(C#N)cc1. The molecule has 0 amide bonds. The number of hydrogen-bond donors (Lipinski definition) is 1. The topological polar surface area (TPSA) is 44.0 Å². The van der Waals surface area contributed by atoms with Crippen LogP contribution in [0.15, 0.2) is 42.5 Å². The van der Waals surface area contributed by atoms with Crippen LogP contribution < -0.4 is 0 Å². The van der Waals surface area contributed by atoms with E-state index in [0.29, 0.717) is 11.3 Å². The van der Waals surface area contributed by atoms with Crippen molar-refractivity contribution in [3.8, 4) is 22.9 Å². The largest absolute Gasteiger partial charge is 0.508 e. The molecule has 2 aromatic rings. The van der Waals surface area contributed by atoms with Gasteiger partial charge in [0.2, 0.25) is 0 Å². The zero-order valence-corrected chi connectivity index (χ0v) is 9.64. The molecule has 0 aliphatic heterocycles. The molecule has 0 unspecified atom stereocenters. The van der Waals surface area contributed by atoms with Crippen LogP contribution in [-0.2, 0) is 6.42 Å². The van der Waals surface area contributed by atoms with Gasteiger partial charge in [-0.05, 0) is 47.4 Å². The number of rotatable bonds is 2. The third kappa shape index (κ3) is 2.29. The summed E-state index contributed by atoms with van der Waals surface area (Å²) in [6.07, 6.45) is 0.865. The average molecular weight is 223 g/mol. The third-order valence-corrected chi connectivity index (χ3v) is 2.79. The van der Waals surface area contributed by atoms with E-state index >= 15 is 0 Å². The Morgan fingerprint density at radius 3 is 2.41 bits per heavy atom. The lowest BCUT2D eigenvalue weighted by atomic mass is 9.97. The van der Waals surface area contributed by atoms with Gasteiger partial charge in [-0.2, -0.15) is 5.26 Å². The summed E-state index contributed by atoms with van der Waals surface area (Å²) in [5.41, 5.74) is 3.94. The van der Waals surface area contributed by atoms with Crippen LogP contribution in [0.3, 0.4) is 0 Å². The van der Waals surface area contributed by atoms with Crippen molar-refractivity contribution in [1.82, 2.24) is 0 Å². The van der Waals surface area contributed by atoms with Gasteiger partial charge < -0.3 is 5.11 Å². The fraction of sp³-hybridized carbons (Fsp3) is 0.133. The van der Waals surface area contributed by atoms with Gasteiger partial charge in [0.25, 0.3) is 0 Å². The summed E-state index contributed by atoms with van der Waals surface area (Å²) in [6.45, 7) is 2.06. The molecule has 1 N–H and O–H groups in total. The minimum atomic E-state index is 0.291. The van der Waals surface area contributed by atoms with E-state index in [1.807, 2.05) is 30.3 Å². The summed E-state index contributed by atoms with van der Waals surface area (Å²) in [5, 5.41) is 18.2. The molecule has 2 rings (SSSR count). The summed E-state index contributed by atoms with van der Waals surface area (Å²) < 4.78 is 0. The second kappa shape index (κ2) is 4.71. The first-order chi connectivity index (χ1) is 8.24. The van der Waals surface area contributed by atoms with Crippen LogP contribution >= 0.6 is 0 Å². The maximum absolute atomic E-state index is 9.45. The van der Waals surface area contributed by atoms with Crippen molar-refractivity contribution < 1.29 is 5.11 Å². The fourth-order valence-electron chi connectivity index (χ4n) is 1.88. The first-order valence-corrected chi connectivity index (χ1v) is 5.57. The Labute approximate surface area is 101 Å². The van der Waals surface area contributed by atoms with E-state index < -0.39 is 0 Å². The van der Waals surface area contributed by atoms with Gasteiger partial charge in [0.05, 0.1) is 11.6 Å². The highest BCUT2D eigenvalue weighted by Crippen LogP contribution is 2.27. The molecule has 0 aliphatic rings. The van der Waals surface area contributed by atoms with Crippen molar-refractivity contribution in [1.29, 1.82) is 5.26 Å². The van der Waals surface area contributed by atoms with E-state index in [4.69, 9.17) is 5.26 Å². The van der Waals surface area contributed by atoms with E-state index in [-0.39, 0.29) is 0 Å². The summed E-state index contributed by atoms with van der Waals surface area (Å²) in [6, 6.07) is 15.0. The molecule has 2 aromatic carbocycles. The monoisotopic (exact) mass is 223 g/mol. The Hall–Kier alpha value is -2.27. The molecular weight excluding hydrogens is 210 g/mol. The van der Waals surface area contributed by atoms with Crippen LogP contribution in [0.1, 0.15) is 18.1 Å². The number of nitrogens with zero attached hydrogens (tertiary/aromatic N) is 1. The second-order valence-electron chi connectivity index (χ2n) is 3.88. The van der Waals surface area contributed by atoms with Gasteiger partial charge in [0.1, 0.15) is 5.75 Å². The highest BCUT2D eigenvalue weighted by molar-refractivity contribution is 5.69. The smallest absolute Gasteiger partial charge is 0.115 e. The van der Waals surface area contributed by atoms with Crippen molar-refractivity contribution >= 4 is 0 Å². The van der Waals surface area contributed by atoms with Gasteiger partial charge in [0.15, 0.2) is 0 Å². The molecule has 0 aromatic heterocycles. The summed E-state index contributed by atoms with van der Waals surface area (Å²) in [4.78, 5) is 0. The van der Waals surface area contributed by atoms with E-state index in [1.165, 1.54) is 0 Å². The Bertz CT molecular complexity index is 564. The Kier molecular flexibility index (Phi) is 3.11. The molecule has 84 valence electrons. The zero-order chi connectivity index (χ0) is 12.3. The van der Waals surface area contributed by atoms with Gasteiger partial charge >= 0.3 is 0 Å². The highest BCUT2D eigenvalue weighted by atomic mass is 16.3. The lowest BCUT2D eigenvalue weighted by Gasteiger charge is -2.08. The van der Waals surface area contributed by atoms with Gasteiger partial charge in [-0.15, -0.1) is 0 Å². The van der Waals surface area contributed by atoms with Crippen LogP contribution in [0.2, 0.25) is 0 Å². The lowest BCUT2D eigenvalue weighted by molar-refractivity contribution is 0.474. The predicted molar refractivity (Wildman–Crippen MR) is 67.6 cm³/mol. The molecule has 0 bridgehead atoms. The molecule has 0 aliphatic carbocycles. The summed E-state index contributed by atoms with van der Waals surface area (Å²) in [5.74, 6) is 0.291. The molecular formula is C15H13NO. The number of aryl methyl sites for hydroxylation is 1. The van der Waals surface area contributed by atoms with E-state index in [2.05, 4.69) is 13.0 Å². The second-order valence-corrected chi connectivity index (χ2v) is 3.88. The molecule has 0 heterocycles. The zero-order valence-electron chi connectivity index (χ0n) is 9.64. The molecule has 17 heavy (non-hydrogen) atoms. The number of benzene rings is 2. The Morgan fingerprint density at radius 1 is 1.12 bits per heavy atom. The summed E-state index contributed by atoms with van der Waals surface area (Å²) in [7, 11) is 0. The third-order valence-electron chi connectivity index (χ3n) is 2.79. The van der Waals surface area contributed by atoms with Gasteiger partial charge in [0, 0.05) is 0 Å². The van der Waals surface area contributed by atoms with Crippen molar-refractivity contribution in [3.05, 3.63) is 53.6 Å². The fourth-order valence-corrected chi connectivity index (χ4v) is 1.88. The van der Waals surface area contributed by atoms with Crippen molar-refractivity contribution in [2.24, 2.45) is 0 Å². The van der Waals surface area contributed by atoms with Crippen LogP contribution in [0.4, 0.5) is 0 Å². The minimum absolute atomic E-state index is 0.291. The first kappa shape index (κ1) is 11.2. The quantitative estimate of drug-likeness (QED) is 0.846.